The predicted octanol–water partition coefficient (Wildman–Crippen LogP) is 2.54. The number of hydrogen-bond acceptors (Lipinski definition) is 4. The van der Waals surface area contributed by atoms with E-state index in [0.29, 0.717) is 5.92 Å². The topological polar surface area (TPSA) is 68.0 Å². The number of carboxylic acids is 1. The molecule has 1 aliphatic carbocycles. The number of hydrogen-bond donors (Lipinski definition) is 1. The van der Waals surface area contributed by atoms with Crippen molar-refractivity contribution in [2.75, 3.05) is 12.0 Å². The third kappa shape index (κ3) is 3.75. The maximum Gasteiger partial charge on any atom is 0.325 e. The van der Waals surface area contributed by atoms with E-state index in [1.54, 1.807) is 16.4 Å². The van der Waals surface area contributed by atoms with Gasteiger partial charge >= 0.3 is 5.97 Å². The van der Waals surface area contributed by atoms with Crippen LogP contribution in [-0.2, 0) is 30.6 Å². The van der Waals surface area contributed by atoms with Crippen LogP contribution in [0.2, 0.25) is 0 Å². The lowest BCUT2D eigenvalue weighted by molar-refractivity contribution is -0.137. The Morgan fingerprint density at radius 2 is 2.26 bits per heavy atom. The summed E-state index contributed by atoms with van der Waals surface area (Å²) >= 11 is 1.74. The van der Waals surface area contributed by atoms with Gasteiger partial charge in [-0.15, -0.1) is 0 Å². The molecule has 0 amide bonds. The van der Waals surface area contributed by atoms with Crippen LogP contribution >= 0.6 is 11.8 Å². The number of aryl methyl sites for hydroxylation is 2. The van der Waals surface area contributed by atoms with Crippen molar-refractivity contribution >= 4 is 17.7 Å². The molecule has 0 aliphatic heterocycles. The predicted molar refractivity (Wildman–Crippen MR) is 91.0 cm³/mol. The van der Waals surface area contributed by atoms with Crippen molar-refractivity contribution in [2.24, 2.45) is 0 Å². The van der Waals surface area contributed by atoms with Gasteiger partial charge in [-0.3, -0.25) is 4.79 Å². The second-order valence-corrected chi connectivity index (χ2v) is 6.86. The number of carboxylic acid groups (broad SMARTS) is 1. The third-order valence-electron chi connectivity index (χ3n) is 4.29. The van der Waals surface area contributed by atoms with Crippen molar-refractivity contribution < 1.29 is 9.90 Å². The van der Waals surface area contributed by atoms with Gasteiger partial charge in [0.1, 0.15) is 12.4 Å². The van der Waals surface area contributed by atoms with E-state index in [1.165, 1.54) is 11.1 Å². The largest absolute Gasteiger partial charge is 0.480 e. The van der Waals surface area contributed by atoms with Crippen molar-refractivity contribution in [1.82, 2.24) is 14.8 Å². The smallest absolute Gasteiger partial charge is 0.325 e. The molecular weight excluding hydrogens is 310 g/mol. The van der Waals surface area contributed by atoms with Crippen LogP contribution in [0.25, 0.3) is 0 Å². The molecule has 0 radical (unpaired) electrons. The zero-order valence-electron chi connectivity index (χ0n) is 13.2. The lowest BCUT2D eigenvalue weighted by Gasteiger charge is -2.11. The van der Waals surface area contributed by atoms with Crippen molar-refractivity contribution in [3.63, 3.8) is 0 Å². The molecule has 2 aromatic rings. The highest BCUT2D eigenvalue weighted by Gasteiger charge is 2.25. The van der Waals surface area contributed by atoms with Crippen LogP contribution in [0.4, 0.5) is 0 Å². The molecule has 3 rings (SSSR count). The van der Waals surface area contributed by atoms with Gasteiger partial charge in [-0.25, -0.2) is 9.67 Å². The number of aliphatic carboxylic acids is 1. The van der Waals surface area contributed by atoms with E-state index >= 15 is 0 Å². The van der Waals surface area contributed by atoms with Crippen LogP contribution in [-0.4, -0.2) is 37.8 Å². The lowest BCUT2D eigenvalue weighted by Crippen LogP contribution is -2.15. The fourth-order valence-electron chi connectivity index (χ4n) is 3.21. The Balaban J connectivity index is 1.81. The van der Waals surface area contributed by atoms with Crippen LogP contribution in [0.5, 0.6) is 0 Å². The maximum atomic E-state index is 11.1. The fraction of sp³-hybridized carbons (Fsp3) is 0.471. The quantitative estimate of drug-likeness (QED) is 0.844. The number of thioether (sulfide) groups is 1. The summed E-state index contributed by atoms with van der Waals surface area (Å²) in [6, 6.07) is 8.51. The van der Waals surface area contributed by atoms with E-state index < -0.39 is 5.97 Å². The molecule has 122 valence electrons. The van der Waals surface area contributed by atoms with Gasteiger partial charge in [0.25, 0.3) is 0 Å². The summed E-state index contributed by atoms with van der Waals surface area (Å²) in [4.78, 5) is 15.7. The zero-order valence-corrected chi connectivity index (χ0v) is 14.1. The third-order valence-corrected chi connectivity index (χ3v) is 4.91. The minimum Gasteiger partial charge on any atom is -0.480 e. The van der Waals surface area contributed by atoms with Crippen LogP contribution in [0.15, 0.2) is 24.3 Å². The molecule has 0 saturated heterocycles. The molecular formula is C17H21N3O2S. The minimum atomic E-state index is -0.876. The first kappa shape index (κ1) is 16.1. The van der Waals surface area contributed by atoms with E-state index in [2.05, 4.69) is 34.3 Å². The summed E-state index contributed by atoms with van der Waals surface area (Å²) in [5, 5.41) is 13.5. The van der Waals surface area contributed by atoms with Crippen molar-refractivity contribution in [1.29, 1.82) is 0 Å². The Bertz CT molecular complexity index is 699. The van der Waals surface area contributed by atoms with Gasteiger partial charge in [0, 0.05) is 18.6 Å². The van der Waals surface area contributed by atoms with Crippen LogP contribution in [0.1, 0.15) is 35.1 Å². The van der Waals surface area contributed by atoms with Gasteiger partial charge in [0.2, 0.25) is 0 Å². The molecule has 1 aromatic carbocycles. The fourth-order valence-corrected chi connectivity index (χ4v) is 3.60. The van der Waals surface area contributed by atoms with Gasteiger partial charge in [0.15, 0.2) is 5.82 Å². The summed E-state index contributed by atoms with van der Waals surface area (Å²) in [6.45, 7) is -0.115. The summed E-state index contributed by atoms with van der Waals surface area (Å²) in [6.07, 6.45) is 5.77. The molecule has 0 bridgehead atoms. The van der Waals surface area contributed by atoms with Crippen molar-refractivity contribution in [2.45, 2.75) is 38.1 Å². The van der Waals surface area contributed by atoms with Gasteiger partial charge in [-0.1, -0.05) is 24.3 Å². The average Bonchev–Trinajstić information content (AvgIpc) is 3.10. The number of aromatic nitrogens is 3. The second-order valence-electron chi connectivity index (χ2n) is 5.88. The molecule has 0 unspecified atom stereocenters. The van der Waals surface area contributed by atoms with Crippen molar-refractivity contribution in [3.05, 3.63) is 47.0 Å². The highest BCUT2D eigenvalue weighted by molar-refractivity contribution is 7.98. The number of carbonyl (C=O) groups is 1. The van der Waals surface area contributed by atoms with Gasteiger partial charge in [-0.2, -0.15) is 16.9 Å². The molecule has 23 heavy (non-hydrogen) atoms. The summed E-state index contributed by atoms with van der Waals surface area (Å²) in [5.74, 6) is 2.03. The standard InChI is InChI=1S/C17H21N3O2S/c1-23-9-8-15-18-16(20(19-15)11-17(21)22)10-13-7-6-12-4-2-3-5-14(12)13/h2-5,13H,6-11H2,1H3,(H,21,22)/t13-/m1/s1. The number of nitrogens with zero attached hydrogens (tertiary/aromatic N) is 3. The monoisotopic (exact) mass is 331 g/mol. The molecule has 1 aromatic heterocycles. The minimum absolute atomic E-state index is 0.115. The molecule has 1 N–H and O–H groups in total. The molecule has 1 aliphatic rings. The van der Waals surface area contributed by atoms with Crippen LogP contribution in [0, 0.1) is 0 Å². The van der Waals surface area contributed by atoms with Gasteiger partial charge in [0.05, 0.1) is 0 Å². The van der Waals surface area contributed by atoms with E-state index in [9.17, 15) is 4.79 Å². The first-order valence-corrected chi connectivity index (χ1v) is 9.28. The molecule has 0 spiro atoms. The Kier molecular flexibility index (Phi) is 5.00. The molecule has 1 atom stereocenters. The highest BCUT2D eigenvalue weighted by Crippen LogP contribution is 2.35. The van der Waals surface area contributed by atoms with Gasteiger partial charge < -0.3 is 5.11 Å². The zero-order chi connectivity index (χ0) is 16.2. The first-order chi connectivity index (χ1) is 11.2. The van der Waals surface area contributed by atoms with Crippen LogP contribution < -0.4 is 0 Å². The maximum absolute atomic E-state index is 11.1. The molecule has 6 heteroatoms. The molecule has 0 fully saturated rings. The normalized spacial score (nSPS) is 16.5. The summed E-state index contributed by atoms with van der Waals surface area (Å²) < 4.78 is 1.57. The SMILES string of the molecule is CSCCc1nc(C[C@H]2CCc3ccccc32)n(CC(=O)O)n1. The van der Waals surface area contributed by atoms with Crippen molar-refractivity contribution in [3.8, 4) is 0 Å². The van der Waals surface area contributed by atoms with Crippen LogP contribution in [0.3, 0.4) is 0 Å². The molecule has 0 saturated carbocycles. The van der Waals surface area contributed by atoms with E-state index in [0.717, 1.165) is 43.1 Å². The Morgan fingerprint density at radius 3 is 3.04 bits per heavy atom. The molecule has 1 heterocycles. The number of fused-ring (bicyclic) bond motifs is 1. The average molecular weight is 331 g/mol. The Morgan fingerprint density at radius 1 is 1.43 bits per heavy atom. The molecule has 5 nitrogen and oxygen atoms in total. The summed E-state index contributed by atoms with van der Waals surface area (Å²) in [7, 11) is 0. The van der Waals surface area contributed by atoms with Gasteiger partial charge in [-0.05, 0) is 36.1 Å². The number of rotatable bonds is 7. The van der Waals surface area contributed by atoms with E-state index in [1.807, 2.05) is 6.26 Å². The Labute approximate surface area is 140 Å². The number of benzene rings is 1. The first-order valence-electron chi connectivity index (χ1n) is 7.88. The summed E-state index contributed by atoms with van der Waals surface area (Å²) in [5.41, 5.74) is 2.78. The lowest BCUT2D eigenvalue weighted by atomic mass is 9.97. The van der Waals surface area contributed by atoms with E-state index in [4.69, 9.17) is 5.11 Å². The van der Waals surface area contributed by atoms with E-state index in [-0.39, 0.29) is 6.54 Å². The highest BCUT2D eigenvalue weighted by atomic mass is 32.2. The Hall–Kier alpha value is -1.82. The second kappa shape index (κ2) is 7.17.